The first-order valence-electron chi connectivity index (χ1n) is 12.7. The van der Waals surface area contributed by atoms with Crippen molar-refractivity contribution in [2.75, 3.05) is 28.4 Å². The highest BCUT2D eigenvalue weighted by Crippen LogP contribution is 2.55. The van der Waals surface area contributed by atoms with Crippen molar-refractivity contribution in [2.24, 2.45) is 0 Å². The Bertz CT molecular complexity index is 1140. The van der Waals surface area contributed by atoms with Gasteiger partial charge in [-0.25, -0.2) is 0 Å². The third-order valence-corrected chi connectivity index (χ3v) is 13.2. The minimum Gasteiger partial charge on any atom is -0.496 e. The first-order valence-corrected chi connectivity index (χ1v) is 15.5. The molecule has 0 spiro atoms. The topological polar surface area (TPSA) is 36.9 Å². The third-order valence-electron chi connectivity index (χ3n) is 6.89. The fourth-order valence-corrected chi connectivity index (χ4v) is 11.4. The second kappa shape index (κ2) is 13.1. The Morgan fingerprint density at radius 2 is 0.605 bits per heavy atom. The smallest absolute Gasteiger partial charge is 0.126 e. The van der Waals surface area contributed by atoms with Crippen LogP contribution in [0.5, 0.6) is 23.0 Å². The van der Waals surface area contributed by atoms with Crippen molar-refractivity contribution < 1.29 is 18.9 Å². The van der Waals surface area contributed by atoms with E-state index in [1.807, 2.05) is 24.3 Å². The van der Waals surface area contributed by atoms with E-state index in [0.29, 0.717) is 0 Å². The maximum atomic E-state index is 5.89. The zero-order valence-electron chi connectivity index (χ0n) is 22.9. The van der Waals surface area contributed by atoms with Gasteiger partial charge in [-0.1, -0.05) is 86.6 Å². The van der Waals surface area contributed by atoms with Crippen molar-refractivity contribution >= 4 is 37.1 Å². The minimum atomic E-state index is -0.861. The summed E-state index contributed by atoms with van der Waals surface area (Å²) < 4.78 is 23.6. The van der Waals surface area contributed by atoms with Crippen LogP contribution in [-0.4, -0.2) is 39.8 Å². The summed E-state index contributed by atoms with van der Waals surface area (Å²) in [5.74, 6) is 3.62. The number of methoxy groups -OCH3 is 4. The van der Waals surface area contributed by atoms with Crippen LogP contribution in [-0.2, 0) is 0 Å². The monoisotopic (exact) mass is 546 g/mol. The fourth-order valence-electron chi connectivity index (χ4n) is 4.88. The average molecular weight is 547 g/mol. The molecule has 0 N–H and O–H groups in total. The van der Waals surface area contributed by atoms with E-state index in [4.69, 9.17) is 18.9 Å². The summed E-state index contributed by atoms with van der Waals surface area (Å²) in [6.45, 7) is 4.74. The first-order chi connectivity index (χ1) is 18.5. The lowest BCUT2D eigenvalue weighted by atomic mass is 10.3. The normalized spacial score (nSPS) is 12.7. The van der Waals surface area contributed by atoms with Gasteiger partial charge in [0.2, 0.25) is 0 Å². The summed E-state index contributed by atoms with van der Waals surface area (Å²) >= 11 is 0. The molecule has 0 heterocycles. The van der Waals surface area contributed by atoms with E-state index in [9.17, 15) is 0 Å². The molecule has 4 aromatic carbocycles. The molecule has 2 atom stereocenters. The van der Waals surface area contributed by atoms with Crippen molar-refractivity contribution in [3.8, 4) is 23.0 Å². The third kappa shape index (κ3) is 5.68. The van der Waals surface area contributed by atoms with E-state index in [2.05, 4.69) is 86.6 Å². The molecule has 4 aromatic rings. The van der Waals surface area contributed by atoms with Crippen LogP contribution in [0.25, 0.3) is 0 Å². The van der Waals surface area contributed by atoms with Crippen molar-refractivity contribution in [3.63, 3.8) is 0 Å². The summed E-state index contributed by atoms with van der Waals surface area (Å²) in [4.78, 5) is 0. The molecule has 0 saturated carbocycles. The summed E-state index contributed by atoms with van der Waals surface area (Å²) in [6, 6.07) is 33.6. The van der Waals surface area contributed by atoms with E-state index in [0.717, 1.165) is 23.0 Å². The van der Waals surface area contributed by atoms with E-state index in [1.165, 1.54) is 21.2 Å². The lowest BCUT2D eigenvalue weighted by molar-refractivity contribution is 0.417. The van der Waals surface area contributed by atoms with E-state index in [1.54, 1.807) is 28.4 Å². The first kappa shape index (κ1) is 28.0. The predicted octanol–water partition coefficient (Wildman–Crippen LogP) is 6.06. The molecule has 0 fully saturated rings. The van der Waals surface area contributed by atoms with Gasteiger partial charge in [-0.05, 0) is 51.4 Å². The Morgan fingerprint density at radius 3 is 0.816 bits per heavy atom. The van der Waals surface area contributed by atoms with Gasteiger partial charge < -0.3 is 18.9 Å². The zero-order valence-corrected chi connectivity index (χ0v) is 24.7. The van der Waals surface area contributed by atoms with Gasteiger partial charge >= 0.3 is 0 Å². The van der Waals surface area contributed by atoms with Crippen molar-refractivity contribution in [3.05, 3.63) is 97.1 Å². The molecule has 0 aliphatic rings. The quantitative estimate of drug-likeness (QED) is 0.214. The van der Waals surface area contributed by atoms with Crippen LogP contribution < -0.4 is 40.2 Å². The maximum Gasteiger partial charge on any atom is 0.126 e. The average Bonchev–Trinajstić information content (AvgIpc) is 2.98. The molecule has 0 saturated heterocycles. The van der Waals surface area contributed by atoms with Crippen molar-refractivity contribution in [1.29, 1.82) is 0 Å². The van der Waals surface area contributed by atoms with E-state index in [-0.39, 0.29) is 11.3 Å². The molecule has 0 aliphatic heterocycles. The van der Waals surface area contributed by atoms with Crippen LogP contribution >= 0.6 is 15.8 Å². The predicted molar refractivity (Wildman–Crippen MR) is 163 cm³/mol. The molecule has 0 amide bonds. The number of hydrogen-bond donors (Lipinski definition) is 0. The van der Waals surface area contributed by atoms with Crippen LogP contribution in [0.4, 0.5) is 0 Å². The standard InChI is InChI=1S/C32H36O4P2/c1-23(37(29-19-11-7-15-25(29)33-3)30-20-12-8-16-26(30)34-4)24(2)38(31-21-13-9-17-27(31)35-5)32-22-14-10-18-28(32)36-6/h7-24H,1-6H3. The molecule has 0 aromatic heterocycles. The van der Waals surface area contributed by atoms with Gasteiger partial charge in [0.1, 0.15) is 23.0 Å². The van der Waals surface area contributed by atoms with Gasteiger partial charge in [0, 0.05) is 21.2 Å². The highest BCUT2D eigenvalue weighted by atomic mass is 31.1. The van der Waals surface area contributed by atoms with Gasteiger partial charge in [0.15, 0.2) is 0 Å². The van der Waals surface area contributed by atoms with Crippen molar-refractivity contribution in [2.45, 2.75) is 25.2 Å². The van der Waals surface area contributed by atoms with Gasteiger partial charge in [-0.3, -0.25) is 0 Å². The molecule has 38 heavy (non-hydrogen) atoms. The molecule has 4 nitrogen and oxygen atoms in total. The van der Waals surface area contributed by atoms with Gasteiger partial charge in [0.05, 0.1) is 28.4 Å². The lowest BCUT2D eigenvalue weighted by Gasteiger charge is -2.37. The van der Waals surface area contributed by atoms with Gasteiger partial charge in [-0.2, -0.15) is 0 Å². The molecular formula is C32H36O4P2. The number of rotatable bonds is 11. The van der Waals surface area contributed by atoms with Crippen LogP contribution in [0.1, 0.15) is 13.8 Å². The molecule has 2 unspecified atom stereocenters. The Balaban J connectivity index is 1.93. The zero-order chi connectivity index (χ0) is 27.1. The Kier molecular flexibility index (Phi) is 9.67. The second-order valence-electron chi connectivity index (χ2n) is 8.91. The minimum absolute atomic E-state index is 0.263. The van der Waals surface area contributed by atoms with Crippen LogP contribution in [0.15, 0.2) is 97.1 Å². The summed E-state index contributed by atoms with van der Waals surface area (Å²) in [7, 11) is 5.27. The summed E-state index contributed by atoms with van der Waals surface area (Å²) in [5.41, 5.74) is 0.525. The highest BCUT2D eigenvalue weighted by molar-refractivity contribution is 7.78. The fraction of sp³-hybridized carbons (Fsp3) is 0.250. The van der Waals surface area contributed by atoms with Crippen LogP contribution in [0, 0.1) is 0 Å². The Hall–Kier alpha value is -3.06. The Labute approximate surface area is 229 Å². The molecule has 0 aliphatic carbocycles. The summed E-state index contributed by atoms with van der Waals surface area (Å²) in [5, 5.41) is 4.85. The van der Waals surface area contributed by atoms with E-state index >= 15 is 0 Å². The Morgan fingerprint density at radius 1 is 0.395 bits per heavy atom. The molecule has 4 rings (SSSR count). The second-order valence-corrected chi connectivity index (χ2v) is 13.9. The SMILES string of the molecule is COc1ccccc1P(c1ccccc1OC)C(C)C(C)P(c1ccccc1OC)c1ccccc1OC. The van der Waals surface area contributed by atoms with Crippen LogP contribution in [0.3, 0.4) is 0 Å². The maximum absolute atomic E-state index is 5.89. The van der Waals surface area contributed by atoms with Gasteiger partial charge in [0.25, 0.3) is 0 Å². The molecule has 6 heteroatoms. The molecule has 0 radical (unpaired) electrons. The molecule has 198 valence electrons. The lowest BCUT2D eigenvalue weighted by Crippen LogP contribution is -2.33. The number of hydrogen-bond acceptors (Lipinski definition) is 4. The number of benzene rings is 4. The van der Waals surface area contributed by atoms with Crippen LogP contribution in [0.2, 0.25) is 0 Å². The van der Waals surface area contributed by atoms with Gasteiger partial charge in [-0.15, -0.1) is 0 Å². The summed E-state index contributed by atoms with van der Waals surface area (Å²) in [6.07, 6.45) is 0. The molecule has 0 bridgehead atoms. The van der Waals surface area contributed by atoms with E-state index < -0.39 is 15.8 Å². The highest BCUT2D eigenvalue weighted by Gasteiger charge is 2.36. The van der Waals surface area contributed by atoms with Crippen molar-refractivity contribution in [1.82, 2.24) is 0 Å². The molecular weight excluding hydrogens is 510 g/mol. The number of ether oxygens (including phenoxy) is 4. The largest absolute Gasteiger partial charge is 0.496 e. The number of para-hydroxylation sites is 4.